The van der Waals surface area contributed by atoms with Gasteiger partial charge in [-0.25, -0.2) is 0 Å². The van der Waals surface area contributed by atoms with Crippen molar-refractivity contribution in [2.75, 3.05) is 12.3 Å². The number of hydrogen-bond acceptors (Lipinski definition) is 4. The molecule has 0 bridgehead atoms. The van der Waals surface area contributed by atoms with Crippen LogP contribution >= 0.6 is 11.8 Å². The van der Waals surface area contributed by atoms with Crippen molar-refractivity contribution in [1.29, 1.82) is 0 Å². The van der Waals surface area contributed by atoms with Gasteiger partial charge in [-0.3, -0.25) is 9.79 Å². The highest BCUT2D eigenvalue weighted by atomic mass is 32.2. The number of carbonyl (C=O) groups excluding carboxylic acids is 1. The fourth-order valence-corrected chi connectivity index (χ4v) is 3.06. The summed E-state index contributed by atoms with van der Waals surface area (Å²) in [5.74, 6) is 1.85. The van der Waals surface area contributed by atoms with E-state index < -0.39 is 0 Å². The highest BCUT2D eigenvalue weighted by Crippen LogP contribution is 2.40. The van der Waals surface area contributed by atoms with Crippen LogP contribution in [-0.2, 0) is 0 Å². The van der Waals surface area contributed by atoms with Gasteiger partial charge in [0.2, 0.25) is 0 Å². The summed E-state index contributed by atoms with van der Waals surface area (Å²) in [6, 6.07) is 5.75. The van der Waals surface area contributed by atoms with E-state index in [-0.39, 0.29) is 12.0 Å². The van der Waals surface area contributed by atoms with Gasteiger partial charge in [-0.15, -0.1) is 0 Å². The van der Waals surface area contributed by atoms with Crippen LogP contribution in [0.25, 0.3) is 0 Å². The van der Waals surface area contributed by atoms with Crippen molar-refractivity contribution in [3.63, 3.8) is 0 Å². The lowest BCUT2D eigenvalue weighted by atomic mass is 9.97. The van der Waals surface area contributed by atoms with E-state index in [4.69, 9.17) is 4.74 Å². The van der Waals surface area contributed by atoms with Gasteiger partial charge in [-0.05, 0) is 13.0 Å². The molecule has 0 saturated carbocycles. The highest BCUT2D eigenvalue weighted by Gasteiger charge is 2.31. The molecule has 5 heteroatoms. The quantitative estimate of drug-likeness (QED) is 0.857. The van der Waals surface area contributed by atoms with E-state index in [0.29, 0.717) is 16.6 Å². The molecular formula is C14H16N2O2S. The summed E-state index contributed by atoms with van der Waals surface area (Å²) < 4.78 is 5.83. The molecule has 4 nitrogen and oxygen atoms in total. The van der Waals surface area contributed by atoms with Crippen molar-refractivity contribution in [2.24, 2.45) is 4.99 Å². The largest absolute Gasteiger partial charge is 0.489 e. The number of rotatable bonds is 1. The van der Waals surface area contributed by atoms with Gasteiger partial charge in [-0.1, -0.05) is 30.8 Å². The minimum Gasteiger partial charge on any atom is -0.489 e. The van der Waals surface area contributed by atoms with Crippen LogP contribution in [0.3, 0.4) is 0 Å². The van der Waals surface area contributed by atoms with E-state index in [1.807, 2.05) is 19.1 Å². The topological polar surface area (TPSA) is 50.7 Å². The summed E-state index contributed by atoms with van der Waals surface area (Å²) in [7, 11) is 0. The molecule has 0 unspecified atom stereocenters. The SMILES string of the molecule is C[C@@H]1Oc2c(C(=O)NC3=NCCS3)cccc2[C@H]1C. The van der Waals surface area contributed by atoms with E-state index in [9.17, 15) is 4.79 Å². The smallest absolute Gasteiger partial charge is 0.260 e. The molecule has 0 fully saturated rings. The van der Waals surface area contributed by atoms with Crippen LogP contribution in [0.1, 0.15) is 35.7 Å². The number of para-hydroxylation sites is 1. The molecule has 1 aromatic carbocycles. The third-order valence-electron chi connectivity index (χ3n) is 3.59. The van der Waals surface area contributed by atoms with Crippen LogP contribution in [0.2, 0.25) is 0 Å². The van der Waals surface area contributed by atoms with Gasteiger partial charge < -0.3 is 10.1 Å². The van der Waals surface area contributed by atoms with Crippen molar-refractivity contribution < 1.29 is 9.53 Å². The van der Waals surface area contributed by atoms with Gasteiger partial charge in [-0.2, -0.15) is 0 Å². The molecule has 3 rings (SSSR count). The van der Waals surface area contributed by atoms with Crippen LogP contribution in [-0.4, -0.2) is 29.5 Å². The predicted molar refractivity (Wildman–Crippen MR) is 77.2 cm³/mol. The number of thioether (sulfide) groups is 1. The summed E-state index contributed by atoms with van der Waals surface area (Å²) in [5.41, 5.74) is 1.71. The first kappa shape index (κ1) is 12.5. The van der Waals surface area contributed by atoms with Crippen LogP contribution in [0, 0.1) is 0 Å². The van der Waals surface area contributed by atoms with E-state index in [2.05, 4.69) is 17.2 Å². The number of amidine groups is 1. The number of nitrogens with one attached hydrogen (secondary N) is 1. The molecule has 0 aromatic heterocycles. The normalized spacial score (nSPS) is 24.6. The lowest BCUT2D eigenvalue weighted by Gasteiger charge is -2.09. The van der Waals surface area contributed by atoms with E-state index >= 15 is 0 Å². The van der Waals surface area contributed by atoms with Gasteiger partial charge in [0.15, 0.2) is 5.17 Å². The lowest BCUT2D eigenvalue weighted by Crippen LogP contribution is -2.27. The number of fused-ring (bicyclic) bond motifs is 1. The highest BCUT2D eigenvalue weighted by molar-refractivity contribution is 8.14. The van der Waals surface area contributed by atoms with Gasteiger partial charge in [0.25, 0.3) is 5.91 Å². The van der Waals surface area contributed by atoms with Crippen molar-refractivity contribution in [1.82, 2.24) is 5.32 Å². The Hall–Kier alpha value is -1.49. The van der Waals surface area contributed by atoms with E-state index in [0.717, 1.165) is 23.6 Å². The first-order valence-corrected chi connectivity index (χ1v) is 7.43. The molecule has 19 heavy (non-hydrogen) atoms. The Kier molecular flexibility index (Phi) is 3.22. The Balaban J connectivity index is 1.88. The first-order valence-electron chi connectivity index (χ1n) is 6.45. The fraction of sp³-hybridized carbons (Fsp3) is 0.429. The lowest BCUT2D eigenvalue weighted by molar-refractivity contribution is 0.0973. The van der Waals surface area contributed by atoms with Crippen molar-refractivity contribution in [2.45, 2.75) is 25.9 Å². The number of ether oxygens (including phenoxy) is 1. The number of hydrogen-bond donors (Lipinski definition) is 1. The first-order chi connectivity index (χ1) is 9.16. The fourth-order valence-electron chi connectivity index (χ4n) is 2.34. The van der Waals surface area contributed by atoms with Gasteiger partial charge in [0, 0.05) is 17.2 Å². The minimum atomic E-state index is -0.133. The number of benzene rings is 1. The molecule has 2 heterocycles. The molecule has 1 aromatic rings. The van der Waals surface area contributed by atoms with Gasteiger partial charge >= 0.3 is 0 Å². The van der Waals surface area contributed by atoms with Crippen LogP contribution < -0.4 is 10.1 Å². The zero-order valence-corrected chi connectivity index (χ0v) is 11.8. The molecule has 1 amide bonds. The molecule has 2 atom stereocenters. The minimum absolute atomic E-state index is 0.113. The average molecular weight is 276 g/mol. The van der Waals surface area contributed by atoms with Gasteiger partial charge in [0.05, 0.1) is 12.1 Å². The molecule has 0 radical (unpaired) electrons. The Labute approximate surface area is 116 Å². The number of aliphatic imine (C=N–C) groups is 1. The maximum atomic E-state index is 12.3. The second-order valence-electron chi connectivity index (χ2n) is 4.83. The van der Waals surface area contributed by atoms with Crippen molar-refractivity contribution in [3.8, 4) is 5.75 Å². The number of nitrogens with zero attached hydrogens (tertiary/aromatic N) is 1. The third-order valence-corrected chi connectivity index (χ3v) is 4.49. The summed E-state index contributed by atoms with van der Waals surface area (Å²) in [4.78, 5) is 16.5. The summed E-state index contributed by atoms with van der Waals surface area (Å²) in [6.45, 7) is 4.93. The molecule has 0 spiro atoms. The van der Waals surface area contributed by atoms with E-state index in [1.165, 1.54) is 0 Å². The van der Waals surface area contributed by atoms with Crippen molar-refractivity contribution in [3.05, 3.63) is 29.3 Å². The summed E-state index contributed by atoms with van der Waals surface area (Å²) >= 11 is 1.58. The standard InChI is InChI=1S/C14H16N2O2S/c1-8-9(2)18-12-10(8)4-3-5-11(12)13(17)16-14-15-6-7-19-14/h3-5,8-9H,6-7H2,1-2H3,(H,15,16,17)/t8-,9-/m0/s1. The second kappa shape index (κ2) is 4.89. The number of amides is 1. The summed E-state index contributed by atoms with van der Waals surface area (Å²) in [5, 5.41) is 3.56. The Bertz CT molecular complexity index is 556. The molecule has 2 aliphatic rings. The Morgan fingerprint density at radius 1 is 1.47 bits per heavy atom. The van der Waals surface area contributed by atoms with Crippen LogP contribution in [0.15, 0.2) is 23.2 Å². The maximum absolute atomic E-state index is 12.3. The summed E-state index contributed by atoms with van der Waals surface area (Å²) in [6.07, 6.45) is 0.113. The molecule has 0 aliphatic carbocycles. The zero-order valence-electron chi connectivity index (χ0n) is 11.0. The molecule has 100 valence electrons. The second-order valence-corrected chi connectivity index (χ2v) is 5.91. The molecule has 0 saturated heterocycles. The van der Waals surface area contributed by atoms with Crippen LogP contribution in [0.5, 0.6) is 5.75 Å². The third kappa shape index (κ3) is 2.23. The molecular weight excluding hydrogens is 260 g/mol. The number of carbonyl (C=O) groups is 1. The van der Waals surface area contributed by atoms with Gasteiger partial charge in [0.1, 0.15) is 11.9 Å². The monoisotopic (exact) mass is 276 g/mol. The zero-order chi connectivity index (χ0) is 13.4. The Morgan fingerprint density at radius 3 is 3.05 bits per heavy atom. The predicted octanol–water partition coefficient (Wildman–Crippen LogP) is 2.40. The molecule has 1 N–H and O–H groups in total. The van der Waals surface area contributed by atoms with Crippen LogP contribution in [0.4, 0.5) is 0 Å². The van der Waals surface area contributed by atoms with Crippen molar-refractivity contribution >= 4 is 22.8 Å². The average Bonchev–Trinajstić information content (AvgIpc) is 2.99. The maximum Gasteiger partial charge on any atom is 0.260 e. The van der Waals surface area contributed by atoms with E-state index in [1.54, 1.807) is 17.8 Å². The Morgan fingerprint density at radius 2 is 2.32 bits per heavy atom. The molecule has 2 aliphatic heterocycles.